The molecule has 1 saturated carbocycles. The van der Waals surface area contributed by atoms with E-state index in [9.17, 15) is 18.7 Å². The van der Waals surface area contributed by atoms with Gasteiger partial charge in [0.15, 0.2) is 11.5 Å². The molecular weight excluding hydrogens is 360 g/mol. The lowest BCUT2D eigenvalue weighted by atomic mass is 9.67. The molecule has 2 atom stereocenters. The number of ether oxygens (including phenoxy) is 3. The van der Waals surface area contributed by atoms with Crippen LogP contribution in [0, 0.1) is 11.3 Å². The Hall–Kier alpha value is -2.09. The van der Waals surface area contributed by atoms with Gasteiger partial charge in [0.1, 0.15) is 18.5 Å². The molecule has 1 fully saturated rings. The Morgan fingerprint density at radius 2 is 2.11 bits per heavy atom. The summed E-state index contributed by atoms with van der Waals surface area (Å²) in [7, 11) is 0. The molecule has 0 spiro atoms. The number of hydrogen-bond acceptors (Lipinski definition) is 5. The zero-order valence-corrected chi connectivity index (χ0v) is 15.5. The summed E-state index contributed by atoms with van der Waals surface area (Å²) in [4.78, 5) is 12.4. The Balaban J connectivity index is 1.45. The third-order valence-corrected chi connectivity index (χ3v) is 5.07. The average molecular weight is 385 g/mol. The quantitative estimate of drug-likeness (QED) is 0.788. The molecule has 1 aliphatic heterocycles. The van der Waals surface area contributed by atoms with Crippen molar-refractivity contribution in [3.05, 3.63) is 18.2 Å². The minimum Gasteiger partial charge on any atom is -0.491 e. The van der Waals surface area contributed by atoms with E-state index in [1.807, 2.05) is 0 Å². The Morgan fingerprint density at radius 1 is 1.37 bits per heavy atom. The van der Waals surface area contributed by atoms with Crippen LogP contribution in [-0.2, 0) is 4.79 Å². The number of halogens is 2. The van der Waals surface area contributed by atoms with Gasteiger partial charge in [-0.15, -0.1) is 0 Å². The second kappa shape index (κ2) is 7.50. The standard InChI is InChI=1S/C19H25F2NO5/c1-18(2)10-19(20,21)6-5-14(18)17(24)22-8-12(23)9-25-13-3-4-15-16(7-13)27-11-26-15/h3-4,7,12,14,23H,5-6,8-11H2,1-2H3,(H,22,24). The highest BCUT2D eigenvalue weighted by atomic mass is 19.3. The first-order valence-corrected chi connectivity index (χ1v) is 9.02. The van der Waals surface area contributed by atoms with E-state index in [2.05, 4.69) is 5.32 Å². The summed E-state index contributed by atoms with van der Waals surface area (Å²) in [5, 5.41) is 12.7. The number of alkyl halides is 2. The van der Waals surface area contributed by atoms with Crippen LogP contribution in [0.2, 0.25) is 0 Å². The molecular formula is C19H25F2NO5. The van der Waals surface area contributed by atoms with Crippen molar-refractivity contribution >= 4 is 5.91 Å². The van der Waals surface area contributed by atoms with Crippen molar-refractivity contribution in [2.75, 3.05) is 19.9 Å². The van der Waals surface area contributed by atoms with Gasteiger partial charge in [0.25, 0.3) is 0 Å². The maximum absolute atomic E-state index is 13.6. The fourth-order valence-electron chi connectivity index (χ4n) is 3.67. The van der Waals surface area contributed by atoms with Crippen LogP contribution in [0.25, 0.3) is 0 Å². The van der Waals surface area contributed by atoms with Crippen LogP contribution in [0.1, 0.15) is 33.1 Å². The van der Waals surface area contributed by atoms with Gasteiger partial charge in [0.2, 0.25) is 18.6 Å². The van der Waals surface area contributed by atoms with Crippen molar-refractivity contribution in [1.29, 1.82) is 0 Å². The summed E-state index contributed by atoms with van der Waals surface area (Å²) >= 11 is 0. The summed E-state index contributed by atoms with van der Waals surface area (Å²) in [6.07, 6.45) is -1.39. The van der Waals surface area contributed by atoms with Crippen LogP contribution < -0.4 is 19.5 Å². The van der Waals surface area contributed by atoms with Gasteiger partial charge in [-0.3, -0.25) is 4.79 Å². The van der Waals surface area contributed by atoms with Crippen molar-refractivity contribution in [3.63, 3.8) is 0 Å². The second-order valence-corrected chi connectivity index (χ2v) is 7.84. The molecule has 2 N–H and O–H groups in total. The first kappa shape index (κ1) is 19.7. The summed E-state index contributed by atoms with van der Waals surface area (Å²) in [6.45, 7) is 3.50. The summed E-state index contributed by atoms with van der Waals surface area (Å²) in [6, 6.07) is 5.08. The number of benzene rings is 1. The summed E-state index contributed by atoms with van der Waals surface area (Å²) in [5.41, 5.74) is -0.792. The molecule has 150 valence electrons. The number of carbonyl (C=O) groups is 1. The third kappa shape index (κ3) is 4.80. The topological polar surface area (TPSA) is 77.0 Å². The van der Waals surface area contributed by atoms with Gasteiger partial charge in [-0.25, -0.2) is 8.78 Å². The van der Waals surface area contributed by atoms with Crippen molar-refractivity contribution in [2.24, 2.45) is 11.3 Å². The van der Waals surface area contributed by atoms with Crippen LogP contribution in [0.4, 0.5) is 8.78 Å². The highest BCUT2D eigenvalue weighted by Gasteiger charge is 2.48. The lowest BCUT2D eigenvalue weighted by molar-refractivity contribution is -0.141. The highest BCUT2D eigenvalue weighted by molar-refractivity contribution is 5.79. The lowest BCUT2D eigenvalue weighted by Gasteiger charge is -2.41. The Morgan fingerprint density at radius 3 is 2.85 bits per heavy atom. The SMILES string of the molecule is CC1(C)CC(F)(F)CCC1C(=O)NCC(O)COc1ccc2c(c1)OCO2. The predicted molar refractivity (Wildman–Crippen MR) is 93.1 cm³/mol. The van der Waals surface area contributed by atoms with E-state index >= 15 is 0 Å². The zero-order chi connectivity index (χ0) is 19.7. The predicted octanol–water partition coefficient (Wildman–Crippen LogP) is 2.73. The molecule has 0 saturated heterocycles. The minimum absolute atomic E-state index is 0.00758. The van der Waals surface area contributed by atoms with E-state index in [1.165, 1.54) is 0 Å². The van der Waals surface area contributed by atoms with Gasteiger partial charge in [0.05, 0.1) is 0 Å². The van der Waals surface area contributed by atoms with Crippen LogP contribution in [-0.4, -0.2) is 43.0 Å². The highest BCUT2D eigenvalue weighted by Crippen LogP contribution is 2.47. The van der Waals surface area contributed by atoms with Crippen molar-refractivity contribution in [3.8, 4) is 17.2 Å². The minimum atomic E-state index is -2.72. The van der Waals surface area contributed by atoms with Crippen LogP contribution in [0.15, 0.2) is 18.2 Å². The number of fused-ring (bicyclic) bond motifs is 1. The van der Waals surface area contributed by atoms with Crippen LogP contribution in [0.3, 0.4) is 0 Å². The maximum atomic E-state index is 13.6. The van der Waals surface area contributed by atoms with Gasteiger partial charge in [0, 0.05) is 31.4 Å². The Labute approximate surface area is 156 Å². The Bertz CT molecular complexity index is 695. The van der Waals surface area contributed by atoms with Gasteiger partial charge in [-0.2, -0.15) is 0 Å². The first-order chi connectivity index (χ1) is 12.7. The number of aliphatic hydroxyl groups is 1. The number of nitrogens with one attached hydrogen (secondary N) is 1. The molecule has 6 nitrogen and oxygen atoms in total. The molecule has 3 rings (SSSR count). The normalized spacial score (nSPS) is 23.5. The van der Waals surface area contributed by atoms with E-state index in [-0.39, 0.29) is 45.1 Å². The summed E-state index contributed by atoms with van der Waals surface area (Å²) in [5.74, 6) is -1.81. The van der Waals surface area contributed by atoms with E-state index in [4.69, 9.17) is 14.2 Å². The molecule has 1 amide bonds. The van der Waals surface area contributed by atoms with E-state index in [0.29, 0.717) is 17.2 Å². The molecule has 2 aliphatic rings. The fraction of sp³-hybridized carbons (Fsp3) is 0.632. The molecule has 0 radical (unpaired) electrons. The number of hydrogen-bond donors (Lipinski definition) is 2. The van der Waals surface area contributed by atoms with E-state index < -0.39 is 23.4 Å². The maximum Gasteiger partial charge on any atom is 0.248 e. The smallest absolute Gasteiger partial charge is 0.248 e. The monoisotopic (exact) mass is 385 g/mol. The van der Waals surface area contributed by atoms with Gasteiger partial charge in [-0.1, -0.05) is 13.8 Å². The number of amides is 1. The van der Waals surface area contributed by atoms with Gasteiger partial charge < -0.3 is 24.6 Å². The second-order valence-electron chi connectivity index (χ2n) is 7.84. The van der Waals surface area contributed by atoms with Crippen molar-refractivity contribution < 1.29 is 32.9 Å². The third-order valence-electron chi connectivity index (χ3n) is 5.07. The van der Waals surface area contributed by atoms with Crippen LogP contribution in [0.5, 0.6) is 17.2 Å². The molecule has 0 aromatic heterocycles. The Kier molecular flexibility index (Phi) is 5.46. The molecule has 0 bridgehead atoms. The van der Waals surface area contributed by atoms with Crippen molar-refractivity contribution in [1.82, 2.24) is 5.32 Å². The summed E-state index contributed by atoms with van der Waals surface area (Å²) < 4.78 is 43.1. The lowest BCUT2D eigenvalue weighted by Crippen LogP contribution is -2.47. The zero-order valence-electron chi connectivity index (χ0n) is 15.5. The van der Waals surface area contributed by atoms with Crippen molar-refractivity contribution in [2.45, 2.75) is 45.1 Å². The van der Waals surface area contributed by atoms with Crippen LogP contribution >= 0.6 is 0 Å². The fourth-order valence-corrected chi connectivity index (χ4v) is 3.67. The molecule has 1 heterocycles. The number of carbonyl (C=O) groups excluding carboxylic acids is 1. The van der Waals surface area contributed by atoms with E-state index in [0.717, 1.165) is 0 Å². The molecule has 27 heavy (non-hydrogen) atoms. The van der Waals surface area contributed by atoms with E-state index in [1.54, 1.807) is 32.0 Å². The number of rotatable bonds is 6. The molecule has 2 unspecified atom stereocenters. The first-order valence-electron chi connectivity index (χ1n) is 9.02. The van der Waals surface area contributed by atoms with Gasteiger partial charge >= 0.3 is 0 Å². The average Bonchev–Trinajstić information content (AvgIpc) is 3.03. The number of aliphatic hydroxyl groups excluding tert-OH is 1. The molecule has 1 aromatic rings. The van der Waals surface area contributed by atoms with Gasteiger partial charge in [-0.05, 0) is 24.0 Å². The molecule has 1 aromatic carbocycles. The molecule has 1 aliphatic carbocycles. The largest absolute Gasteiger partial charge is 0.491 e. The molecule has 8 heteroatoms.